The number of hydrogen-bond donors (Lipinski definition) is 4. The summed E-state index contributed by atoms with van der Waals surface area (Å²) in [6.45, 7) is 8.74. The number of carbonyl (C=O) groups is 4. The van der Waals surface area contributed by atoms with Crippen molar-refractivity contribution in [1.82, 2.24) is 35.4 Å². The fourth-order valence-corrected chi connectivity index (χ4v) is 8.36. The van der Waals surface area contributed by atoms with Gasteiger partial charge in [-0.2, -0.15) is 5.26 Å². The van der Waals surface area contributed by atoms with Gasteiger partial charge in [-0.15, -0.1) is 0 Å². The summed E-state index contributed by atoms with van der Waals surface area (Å²) in [5.41, 5.74) is 7.46. The number of ether oxygens (including phenoxy) is 2. The van der Waals surface area contributed by atoms with Gasteiger partial charge in [0.2, 0.25) is 11.8 Å². The molecule has 7 rings (SSSR count). The first-order chi connectivity index (χ1) is 27.9. The lowest BCUT2D eigenvalue weighted by Gasteiger charge is -2.30. The standard InChI is InChI=1S/C44H50N8O6/c1-24(2)38(49-43(55)57-5)41(53)51-17-7-9-36(51)35-22-29-20-28(13-15-32(29)46-35)31-14-11-26(19-30(31)23-45)27-12-16-33-34(21-27)48-40(47-33)37-10-8-18-52(37)42(54)39(25(3)4)50-44(56)58-6/h11-16,19-22,24-25,36-39,46H,7-10,17-18H2,1-6H3,(H,47,48)(H,49,55)(H,50,56)/t36-,37-,38-,39-/m0/s1. The summed E-state index contributed by atoms with van der Waals surface area (Å²) in [5, 5.41) is 16.7. The number of alkyl carbamates (subject to hydrolysis) is 2. The number of carbonyl (C=O) groups excluding carboxylic acids is 4. The second-order valence-corrected chi connectivity index (χ2v) is 15.8. The van der Waals surface area contributed by atoms with Crippen molar-refractivity contribution in [2.24, 2.45) is 11.8 Å². The number of amides is 4. The van der Waals surface area contributed by atoms with Crippen LogP contribution in [0.15, 0.2) is 60.7 Å². The predicted molar refractivity (Wildman–Crippen MR) is 219 cm³/mol. The fourth-order valence-electron chi connectivity index (χ4n) is 8.36. The third-order valence-corrected chi connectivity index (χ3v) is 11.5. The molecule has 0 saturated carbocycles. The number of likely N-dealkylation sites (tertiary alicyclic amines) is 2. The second kappa shape index (κ2) is 16.6. The highest BCUT2D eigenvalue weighted by atomic mass is 16.5. The molecule has 14 heteroatoms. The van der Waals surface area contributed by atoms with Crippen LogP contribution in [0.25, 0.3) is 44.2 Å². The molecule has 2 aromatic heterocycles. The number of hydrogen-bond acceptors (Lipinski definition) is 8. The van der Waals surface area contributed by atoms with Gasteiger partial charge in [0.15, 0.2) is 0 Å². The smallest absolute Gasteiger partial charge is 0.407 e. The van der Waals surface area contributed by atoms with Crippen molar-refractivity contribution in [3.05, 3.63) is 77.7 Å². The molecular formula is C44H50N8O6. The minimum absolute atomic E-state index is 0.116. The second-order valence-electron chi connectivity index (χ2n) is 15.8. The number of nitriles is 1. The van der Waals surface area contributed by atoms with Crippen LogP contribution in [0.2, 0.25) is 0 Å². The van der Waals surface area contributed by atoms with Gasteiger partial charge in [0.1, 0.15) is 17.9 Å². The Morgan fingerprint density at radius 2 is 1.33 bits per heavy atom. The van der Waals surface area contributed by atoms with E-state index in [-0.39, 0.29) is 35.7 Å². The van der Waals surface area contributed by atoms with Gasteiger partial charge in [-0.05, 0) is 96.2 Å². The number of aromatic nitrogens is 3. The van der Waals surface area contributed by atoms with Crippen molar-refractivity contribution in [3.63, 3.8) is 0 Å². The molecule has 4 N–H and O–H groups in total. The van der Waals surface area contributed by atoms with Gasteiger partial charge in [0.25, 0.3) is 0 Å². The van der Waals surface area contributed by atoms with Gasteiger partial charge in [-0.25, -0.2) is 14.6 Å². The number of nitrogens with zero attached hydrogens (tertiary/aromatic N) is 4. The predicted octanol–water partition coefficient (Wildman–Crippen LogP) is 7.34. The molecule has 3 aromatic carbocycles. The highest BCUT2D eigenvalue weighted by Gasteiger charge is 2.38. The summed E-state index contributed by atoms with van der Waals surface area (Å²) in [5.74, 6) is 0.149. The van der Waals surface area contributed by atoms with Crippen LogP contribution in [-0.4, -0.2) is 88.1 Å². The zero-order valence-corrected chi connectivity index (χ0v) is 33.7. The van der Waals surface area contributed by atoms with Crippen molar-refractivity contribution >= 4 is 45.9 Å². The molecule has 2 fully saturated rings. The summed E-state index contributed by atoms with van der Waals surface area (Å²) < 4.78 is 9.55. The average Bonchev–Trinajstić information content (AvgIpc) is 4.05. The molecule has 2 aliphatic heterocycles. The molecule has 0 unspecified atom stereocenters. The van der Waals surface area contributed by atoms with Crippen LogP contribution in [0.5, 0.6) is 0 Å². The Hall–Kier alpha value is -6.36. The van der Waals surface area contributed by atoms with Crippen molar-refractivity contribution in [2.75, 3.05) is 27.3 Å². The molecule has 2 saturated heterocycles. The molecule has 0 radical (unpaired) electrons. The van der Waals surface area contributed by atoms with E-state index in [4.69, 9.17) is 14.5 Å². The maximum Gasteiger partial charge on any atom is 0.407 e. The number of nitrogens with one attached hydrogen (secondary N) is 4. The molecule has 2 aliphatic rings. The molecule has 14 nitrogen and oxygen atoms in total. The summed E-state index contributed by atoms with van der Waals surface area (Å²) >= 11 is 0. The molecule has 0 bridgehead atoms. The largest absolute Gasteiger partial charge is 0.453 e. The number of aromatic amines is 2. The number of benzene rings is 3. The minimum Gasteiger partial charge on any atom is -0.453 e. The van der Waals surface area contributed by atoms with Crippen LogP contribution in [0.3, 0.4) is 0 Å². The van der Waals surface area contributed by atoms with Gasteiger partial charge in [0, 0.05) is 29.7 Å². The molecule has 0 spiro atoms. The lowest BCUT2D eigenvalue weighted by Crippen LogP contribution is -2.51. The zero-order chi connectivity index (χ0) is 41.2. The van der Waals surface area contributed by atoms with E-state index in [0.717, 1.165) is 75.6 Å². The first kappa shape index (κ1) is 39.9. The molecule has 58 heavy (non-hydrogen) atoms. The number of rotatable bonds is 10. The zero-order valence-electron chi connectivity index (χ0n) is 33.7. The topological polar surface area (TPSA) is 186 Å². The minimum atomic E-state index is -0.717. The lowest BCUT2D eigenvalue weighted by molar-refractivity contribution is -0.136. The van der Waals surface area contributed by atoms with E-state index in [9.17, 15) is 24.4 Å². The average molecular weight is 787 g/mol. The van der Waals surface area contributed by atoms with E-state index in [1.165, 1.54) is 14.2 Å². The van der Waals surface area contributed by atoms with E-state index >= 15 is 0 Å². The Kier molecular flexibility index (Phi) is 11.4. The highest BCUT2D eigenvalue weighted by molar-refractivity contribution is 5.90. The van der Waals surface area contributed by atoms with Crippen LogP contribution in [-0.2, 0) is 19.1 Å². The summed E-state index contributed by atoms with van der Waals surface area (Å²) in [7, 11) is 2.57. The molecule has 0 aliphatic carbocycles. The normalized spacial score (nSPS) is 17.8. The molecular weight excluding hydrogens is 737 g/mol. The Bertz CT molecular complexity index is 2410. The Labute approximate surface area is 337 Å². The third kappa shape index (κ3) is 7.81. The quantitative estimate of drug-likeness (QED) is 0.113. The highest BCUT2D eigenvalue weighted by Crippen LogP contribution is 2.37. The van der Waals surface area contributed by atoms with Crippen LogP contribution < -0.4 is 10.6 Å². The van der Waals surface area contributed by atoms with E-state index < -0.39 is 24.3 Å². The lowest BCUT2D eigenvalue weighted by atomic mass is 9.95. The maximum atomic E-state index is 13.7. The van der Waals surface area contributed by atoms with Crippen molar-refractivity contribution in [1.29, 1.82) is 5.26 Å². The molecule has 4 amide bonds. The van der Waals surface area contributed by atoms with E-state index in [1.807, 2.05) is 81.1 Å². The first-order valence-corrected chi connectivity index (χ1v) is 19.9. The maximum absolute atomic E-state index is 13.7. The van der Waals surface area contributed by atoms with E-state index in [1.54, 1.807) is 4.90 Å². The molecule has 5 aromatic rings. The first-order valence-electron chi connectivity index (χ1n) is 19.9. The van der Waals surface area contributed by atoms with E-state index in [0.29, 0.717) is 24.5 Å². The van der Waals surface area contributed by atoms with E-state index in [2.05, 4.69) is 38.8 Å². The summed E-state index contributed by atoms with van der Waals surface area (Å²) in [6.07, 6.45) is 1.95. The van der Waals surface area contributed by atoms with Crippen molar-refractivity contribution < 1.29 is 28.7 Å². The Morgan fingerprint density at radius 1 is 0.741 bits per heavy atom. The monoisotopic (exact) mass is 786 g/mol. The van der Waals surface area contributed by atoms with Crippen molar-refractivity contribution in [3.8, 4) is 28.3 Å². The molecule has 302 valence electrons. The van der Waals surface area contributed by atoms with Crippen LogP contribution in [0, 0.1) is 23.2 Å². The number of H-pyrrole nitrogens is 2. The number of imidazole rings is 1. The van der Waals surface area contributed by atoms with Gasteiger partial charge in [0.05, 0.1) is 49.0 Å². The third-order valence-electron chi connectivity index (χ3n) is 11.5. The van der Waals surface area contributed by atoms with Crippen LogP contribution in [0.1, 0.15) is 82.5 Å². The van der Waals surface area contributed by atoms with Crippen molar-refractivity contribution in [2.45, 2.75) is 77.5 Å². The molecule has 4 heterocycles. The Balaban J connectivity index is 1.11. The summed E-state index contributed by atoms with van der Waals surface area (Å²) in [6, 6.07) is 20.5. The van der Waals surface area contributed by atoms with Crippen LogP contribution in [0.4, 0.5) is 9.59 Å². The number of fused-ring (bicyclic) bond motifs is 2. The fraction of sp³-hybridized carbons (Fsp3) is 0.409. The van der Waals surface area contributed by atoms with Gasteiger partial charge in [-0.3, -0.25) is 9.59 Å². The van der Waals surface area contributed by atoms with Gasteiger partial charge >= 0.3 is 12.2 Å². The van der Waals surface area contributed by atoms with Gasteiger partial charge in [-0.1, -0.05) is 52.0 Å². The number of methoxy groups -OCH3 is 2. The van der Waals surface area contributed by atoms with Crippen LogP contribution >= 0.6 is 0 Å². The Morgan fingerprint density at radius 3 is 1.95 bits per heavy atom. The van der Waals surface area contributed by atoms with Gasteiger partial charge < -0.3 is 39.9 Å². The molecule has 4 atom stereocenters. The SMILES string of the molecule is COC(=O)N[C@H](C(=O)N1CCC[C@H]1c1cc2cc(-c3ccc(-c4ccc5nc([C@@H]6CCCN6C(=O)[C@@H](NC(=O)OC)C(C)C)[nH]c5c4)cc3C#N)ccc2[nH]1)C(C)C. The summed E-state index contributed by atoms with van der Waals surface area (Å²) in [4.78, 5) is 66.9.